The lowest BCUT2D eigenvalue weighted by Crippen LogP contribution is -1.44. The van der Waals surface area contributed by atoms with Crippen LogP contribution in [0, 0.1) is 0 Å². The van der Waals surface area contributed by atoms with Crippen molar-refractivity contribution < 1.29 is 5.11 Å². The smallest absolute Gasteiger partial charge is 0.142 e. The Labute approximate surface area is 43.3 Å². The highest BCUT2D eigenvalue weighted by atomic mass is 16.2. The lowest BCUT2D eigenvalue weighted by atomic mass is 10.5. The van der Waals surface area contributed by atoms with Crippen molar-refractivity contribution in [2.75, 3.05) is 0 Å². The zero-order valence-electron chi connectivity index (χ0n) is 4.00. The van der Waals surface area contributed by atoms with Gasteiger partial charge in [-0.1, -0.05) is 24.8 Å². The fourth-order valence-corrected chi connectivity index (χ4v) is 0.188. The molecule has 0 rings (SSSR count). The molecule has 0 heterocycles. The summed E-state index contributed by atoms with van der Waals surface area (Å²) < 4.78 is 0. The van der Waals surface area contributed by atoms with E-state index in [1.807, 2.05) is 0 Å². The molecule has 0 spiro atoms. The quantitative estimate of drug-likeness (QED) is 0.367. The molecule has 0 atom stereocenters. The van der Waals surface area contributed by atoms with Gasteiger partial charge in [-0.15, -0.1) is 0 Å². The number of rotatable bonds is 2. The summed E-state index contributed by atoms with van der Waals surface area (Å²) in [5.41, 5.74) is 0. The van der Waals surface area contributed by atoms with E-state index in [9.17, 15) is 5.11 Å². The van der Waals surface area contributed by atoms with Crippen LogP contribution in [-0.4, -0.2) is 0 Å². The Bertz CT molecular complexity index is 90.4. The number of allylic oxidation sites excluding steroid dienone is 4. The fraction of sp³-hybridized carbons (Fsp3) is 0. The van der Waals surface area contributed by atoms with Gasteiger partial charge in [-0.05, 0) is 6.08 Å². The maximum absolute atomic E-state index is 9.54. The highest BCUT2D eigenvalue weighted by Crippen LogP contribution is 1.73. The van der Waals surface area contributed by atoms with Crippen LogP contribution in [0.25, 0.3) is 0 Å². The monoisotopic (exact) mass is 95.0 g/mol. The Morgan fingerprint density at radius 2 is 1.86 bits per heavy atom. The number of hydrogen-bond acceptors (Lipinski definition) is 0. The first kappa shape index (κ1) is 6.02. The molecule has 0 amide bonds. The molecule has 0 aromatic carbocycles. The van der Waals surface area contributed by atoms with Crippen LogP contribution in [0.1, 0.15) is 0 Å². The van der Waals surface area contributed by atoms with Crippen molar-refractivity contribution in [1.29, 1.82) is 0 Å². The molecule has 0 bridgehead atoms. The van der Waals surface area contributed by atoms with Gasteiger partial charge >= 0.3 is 0 Å². The minimum atomic E-state index is 0.722. The molecule has 0 aromatic heterocycles. The Morgan fingerprint density at radius 1 is 1.14 bits per heavy atom. The van der Waals surface area contributed by atoms with Crippen LogP contribution in [0.3, 0.4) is 0 Å². The summed E-state index contributed by atoms with van der Waals surface area (Å²) in [5.74, 6) is 0. The van der Waals surface area contributed by atoms with Crippen molar-refractivity contribution in [2.45, 2.75) is 0 Å². The van der Waals surface area contributed by atoms with Gasteiger partial charge in [-0.3, -0.25) is 5.11 Å². The lowest BCUT2D eigenvalue weighted by Gasteiger charge is -1.63. The molecular weight excluding hydrogens is 88.1 g/mol. The third kappa shape index (κ3) is 5.02. The molecule has 1 radical (unpaired) electrons. The molecule has 0 aliphatic rings. The topological polar surface area (TPSA) is 19.9 Å². The van der Waals surface area contributed by atoms with Gasteiger partial charge in [0.05, 0.1) is 0 Å². The molecule has 0 aliphatic heterocycles. The SMILES string of the molecule is C=CC=CC=C[O]. The summed E-state index contributed by atoms with van der Waals surface area (Å²) in [6.07, 6.45) is 7.05. The Kier molecular flexibility index (Phi) is 4.32. The molecule has 0 aromatic rings. The second-order valence-electron chi connectivity index (χ2n) is 0.949. The molecule has 7 heavy (non-hydrogen) atoms. The van der Waals surface area contributed by atoms with Gasteiger partial charge < -0.3 is 0 Å². The first-order valence-corrected chi connectivity index (χ1v) is 1.98. The van der Waals surface area contributed by atoms with Crippen LogP contribution in [0.4, 0.5) is 0 Å². The van der Waals surface area contributed by atoms with Crippen molar-refractivity contribution in [3.63, 3.8) is 0 Å². The van der Waals surface area contributed by atoms with Crippen LogP contribution in [-0.2, 0) is 5.11 Å². The zero-order chi connectivity index (χ0) is 5.54. The average molecular weight is 95.1 g/mol. The van der Waals surface area contributed by atoms with Crippen molar-refractivity contribution in [3.8, 4) is 0 Å². The summed E-state index contributed by atoms with van der Waals surface area (Å²) in [7, 11) is 0. The molecule has 1 heteroatoms. The third-order valence-corrected chi connectivity index (χ3v) is 0.437. The van der Waals surface area contributed by atoms with E-state index < -0.39 is 0 Å². The molecule has 37 valence electrons. The van der Waals surface area contributed by atoms with E-state index in [4.69, 9.17) is 0 Å². The second kappa shape index (κ2) is 5.02. The Balaban J connectivity index is 3.27. The first-order valence-electron chi connectivity index (χ1n) is 1.98. The maximum Gasteiger partial charge on any atom is 0.142 e. The minimum absolute atomic E-state index is 0.722. The molecule has 0 fully saturated rings. The highest BCUT2D eigenvalue weighted by molar-refractivity contribution is 5.06. The molecule has 1 nitrogen and oxygen atoms in total. The van der Waals surface area contributed by atoms with Crippen LogP contribution in [0.2, 0.25) is 0 Å². The highest BCUT2D eigenvalue weighted by Gasteiger charge is 1.55. The summed E-state index contributed by atoms with van der Waals surface area (Å²) in [5, 5.41) is 9.54. The summed E-state index contributed by atoms with van der Waals surface area (Å²) in [6, 6.07) is 0. The molecule has 0 aliphatic carbocycles. The normalized spacial score (nSPS) is 10.9. The minimum Gasteiger partial charge on any atom is -0.299 e. The zero-order valence-corrected chi connectivity index (χ0v) is 4.00. The Hall–Kier alpha value is -0.980. The van der Waals surface area contributed by atoms with Crippen LogP contribution in [0.15, 0.2) is 37.1 Å². The maximum atomic E-state index is 9.54. The van der Waals surface area contributed by atoms with E-state index in [2.05, 4.69) is 6.58 Å². The predicted molar refractivity (Wildman–Crippen MR) is 29.2 cm³/mol. The van der Waals surface area contributed by atoms with Gasteiger partial charge in [0.2, 0.25) is 0 Å². The average Bonchev–Trinajstić information content (AvgIpc) is 1.69. The van der Waals surface area contributed by atoms with E-state index in [0.717, 1.165) is 6.26 Å². The standard InChI is InChI=1S/C6H7O/c1-2-3-4-5-6-7/h2-6H,1H2. The van der Waals surface area contributed by atoms with E-state index >= 15 is 0 Å². The molecular formula is C6H7O. The van der Waals surface area contributed by atoms with Crippen molar-refractivity contribution in [3.05, 3.63) is 37.1 Å². The van der Waals surface area contributed by atoms with Gasteiger partial charge in [-0.2, -0.15) is 0 Å². The molecule has 0 unspecified atom stereocenters. The predicted octanol–water partition coefficient (Wildman–Crippen LogP) is 1.67. The third-order valence-electron chi connectivity index (χ3n) is 0.437. The summed E-state index contributed by atoms with van der Waals surface area (Å²) >= 11 is 0. The van der Waals surface area contributed by atoms with Crippen molar-refractivity contribution in [2.24, 2.45) is 0 Å². The van der Waals surface area contributed by atoms with Gasteiger partial charge in [0, 0.05) is 0 Å². The van der Waals surface area contributed by atoms with E-state index in [-0.39, 0.29) is 0 Å². The largest absolute Gasteiger partial charge is 0.299 e. The lowest BCUT2D eigenvalue weighted by molar-refractivity contribution is 0.352. The van der Waals surface area contributed by atoms with Gasteiger partial charge in [0.1, 0.15) is 6.26 Å². The molecule has 0 N–H and O–H groups in total. The summed E-state index contributed by atoms with van der Waals surface area (Å²) in [6.45, 7) is 3.41. The van der Waals surface area contributed by atoms with E-state index in [1.165, 1.54) is 6.08 Å². The molecule has 0 saturated carbocycles. The molecule has 0 saturated heterocycles. The van der Waals surface area contributed by atoms with Crippen LogP contribution in [0.5, 0.6) is 0 Å². The van der Waals surface area contributed by atoms with E-state index in [0.29, 0.717) is 0 Å². The van der Waals surface area contributed by atoms with Crippen LogP contribution >= 0.6 is 0 Å². The van der Waals surface area contributed by atoms with Crippen molar-refractivity contribution in [1.82, 2.24) is 0 Å². The number of hydrogen-bond donors (Lipinski definition) is 0. The van der Waals surface area contributed by atoms with Gasteiger partial charge in [-0.25, -0.2) is 0 Å². The van der Waals surface area contributed by atoms with Gasteiger partial charge in [0.15, 0.2) is 0 Å². The van der Waals surface area contributed by atoms with E-state index in [1.54, 1.807) is 18.2 Å². The van der Waals surface area contributed by atoms with Gasteiger partial charge in [0.25, 0.3) is 0 Å². The fourth-order valence-electron chi connectivity index (χ4n) is 0.188. The van der Waals surface area contributed by atoms with Crippen molar-refractivity contribution >= 4 is 0 Å². The summed E-state index contributed by atoms with van der Waals surface area (Å²) in [4.78, 5) is 0. The first-order chi connectivity index (χ1) is 3.41. The Morgan fingerprint density at radius 3 is 2.29 bits per heavy atom. The second-order valence-corrected chi connectivity index (χ2v) is 0.949. The van der Waals surface area contributed by atoms with Crippen LogP contribution < -0.4 is 0 Å².